The molecule has 0 aliphatic carbocycles. The maximum atomic E-state index is 10.8. The minimum absolute atomic E-state index is 0.127. The van der Waals surface area contributed by atoms with Crippen LogP contribution in [0.5, 0.6) is 0 Å². The van der Waals surface area contributed by atoms with E-state index in [-0.39, 0.29) is 5.97 Å². The Labute approximate surface area is 110 Å². The van der Waals surface area contributed by atoms with Gasteiger partial charge in [0.1, 0.15) is 0 Å². The standard InChI is InChI=1S/C13H27N3O2/c1-3-4-10-15-13(14)16-11-8-6-5-7-9-12(17)18-2/h3-11H2,1-2H3,(H3,14,15,16). The molecule has 0 radical (unpaired) electrons. The smallest absolute Gasteiger partial charge is 0.305 e. The van der Waals surface area contributed by atoms with E-state index in [0.29, 0.717) is 12.4 Å². The van der Waals surface area contributed by atoms with Crippen LogP contribution in [0.3, 0.4) is 0 Å². The number of carbonyl (C=O) groups is 1. The summed E-state index contributed by atoms with van der Waals surface area (Å²) in [5, 5.41) is 3.07. The summed E-state index contributed by atoms with van der Waals surface area (Å²) in [6.45, 7) is 3.79. The van der Waals surface area contributed by atoms with E-state index in [0.717, 1.165) is 51.6 Å². The molecule has 5 nitrogen and oxygen atoms in total. The number of ether oxygens (including phenoxy) is 1. The average molecular weight is 257 g/mol. The van der Waals surface area contributed by atoms with Crippen molar-refractivity contribution in [3.63, 3.8) is 0 Å². The van der Waals surface area contributed by atoms with Crippen LogP contribution in [0, 0.1) is 0 Å². The van der Waals surface area contributed by atoms with E-state index >= 15 is 0 Å². The van der Waals surface area contributed by atoms with Gasteiger partial charge in [-0.1, -0.05) is 26.2 Å². The molecule has 0 bridgehead atoms. The van der Waals surface area contributed by atoms with Gasteiger partial charge in [-0.25, -0.2) is 0 Å². The van der Waals surface area contributed by atoms with Crippen molar-refractivity contribution in [3.8, 4) is 0 Å². The molecule has 5 heteroatoms. The molecule has 0 spiro atoms. The fourth-order valence-electron chi connectivity index (χ4n) is 1.49. The average Bonchev–Trinajstić information content (AvgIpc) is 2.37. The van der Waals surface area contributed by atoms with Crippen molar-refractivity contribution < 1.29 is 9.53 Å². The van der Waals surface area contributed by atoms with Gasteiger partial charge in [0.2, 0.25) is 0 Å². The quantitative estimate of drug-likeness (QED) is 0.271. The van der Waals surface area contributed by atoms with Crippen molar-refractivity contribution in [2.75, 3.05) is 20.2 Å². The first-order chi connectivity index (χ1) is 8.70. The zero-order valence-electron chi connectivity index (χ0n) is 11.7. The second-order valence-corrected chi connectivity index (χ2v) is 4.29. The monoisotopic (exact) mass is 257 g/mol. The summed E-state index contributed by atoms with van der Waals surface area (Å²) in [5.41, 5.74) is 5.69. The number of guanidine groups is 1. The van der Waals surface area contributed by atoms with Gasteiger partial charge in [-0.2, -0.15) is 0 Å². The summed E-state index contributed by atoms with van der Waals surface area (Å²) < 4.78 is 4.57. The van der Waals surface area contributed by atoms with E-state index < -0.39 is 0 Å². The number of hydrogen-bond donors (Lipinski definition) is 2. The maximum absolute atomic E-state index is 10.8. The number of nitrogens with zero attached hydrogens (tertiary/aromatic N) is 1. The number of nitrogens with one attached hydrogen (secondary N) is 1. The van der Waals surface area contributed by atoms with E-state index in [9.17, 15) is 4.79 Å². The third kappa shape index (κ3) is 11.2. The Morgan fingerprint density at radius 3 is 2.61 bits per heavy atom. The van der Waals surface area contributed by atoms with Crippen LogP contribution in [-0.2, 0) is 9.53 Å². The molecule has 0 aromatic rings. The van der Waals surface area contributed by atoms with Crippen LogP contribution in [-0.4, -0.2) is 32.1 Å². The van der Waals surface area contributed by atoms with Crippen molar-refractivity contribution in [2.45, 2.75) is 51.9 Å². The topological polar surface area (TPSA) is 76.7 Å². The Kier molecular flexibility index (Phi) is 11.3. The fourth-order valence-corrected chi connectivity index (χ4v) is 1.49. The highest BCUT2D eigenvalue weighted by Crippen LogP contribution is 2.03. The summed E-state index contributed by atoms with van der Waals surface area (Å²) in [5.74, 6) is 0.412. The first-order valence-corrected chi connectivity index (χ1v) is 6.81. The van der Waals surface area contributed by atoms with Gasteiger partial charge in [0.15, 0.2) is 5.96 Å². The van der Waals surface area contributed by atoms with E-state index in [1.54, 1.807) is 0 Å². The molecule has 0 rings (SSSR count). The van der Waals surface area contributed by atoms with Gasteiger partial charge in [0, 0.05) is 19.5 Å². The van der Waals surface area contributed by atoms with Crippen molar-refractivity contribution in [1.82, 2.24) is 5.32 Å². The number of methoxy groups -OCH3 is 1. The number of carbonyl (C=O) groups excluding carboxylic acids is 1. The van der Waals surface area contributed by atoms with Crippen molar-refractivity contribution in [1.29, 1.82) is 0 Å². The first kappa shape index (κ1) is 16.7. The van der Waals surface area contributed by atoms with Crippen LogP contribution in [0.15, 0.2) is 4.99 Å². The van der Waals surface area contributed by atoms with Crippen LogP contribution in [0.4, 0.5) is 0 Å². The highest BCUT2D eigenvalue weighted by atomic mass is 16.5. The molecule has 0 saturated carbocycles. The lowest BCUT2D eigenvalue weighted by Crippen LogP contribution is -2.32. The summed E-state index contributed by atoms with van der Waals surface area (Å²) in [4.78, 5) is 15.1. The number of unbranched alkanes of at least 4 members (excludes halogenated alkanes) is 4. The Balaban J connectivity index is 3.32. The van der Waals surface area contributed by atoms with Crippen LogP contribution < -0.4 is 11.1 Å². The highest BCUT2D eigenvalue weighted by molar-refractivity contribution is 5.77. The zero-order valence-corrected chi connectivity index (χ0v) is 11.7. The maximum Gasteiger partial charge on any atom is 0.305 e. The van der Waals surface area contributed by atoms with Gasteiger partial charge < -0.3 is 15.8 Å². The normalized spacial score (nSPS) is 11.3. The minimum atomic E-state index is -0.127. The van der Waals surface area contributed by atoms with Gasteiger partial charge >= 0.3 is 5.97 Å². The van der Waals surface area contributed by atoms with E-state index in [1.165, 1.54) is 7.11 Å². The van der Waals surface area contributed by atoms with Crippen molar-refractivity contribution in [3.05, 3.63) is 0 Å². The summed E-state index contributed by atoms with van der Waals surface area (Å²) in [6, 6.07) is 0. The van der Waals surface area contributed by atoms with Gasteiger partial charge in [-0.05, 0) is 19.3 Å². The van der Waals surface area contributed by atoms with Crippen molar-refractivity contribution in [2.24, 2.45) is 10.7 Å². The van der Waals surface area contributed by atoms with Gasteiger partial charge in [-0.15, -0.1) is 0 Å². The summed E-state index contributed by atoms with van der Waals surface area (Å²) >= 11 is 0. The number of esters is 1. The molecule has 0 atom stereocenters. The van der Waals surface area contributed by atoms with E-state index in [1.807, 2.05) is 0 Å². The summed E-state index contributed by atoms with van der Waals surface area (Å²) in [7, 11) is 1.42. The second kappa shape index (κ2) is 12.2. The SMILES string of the molecule is CCCCNC(N)=NCCCCCCC(=O)OC. The molecule has 0 aliphatic heterocycles. The molecule has 0 aromatic carbocycles. The van der Waals surface area contributed by atoms with Crippen LogP contribution in [0.25, 0.3) is 0 Å². The molecule has 0 amide bonds. The lowest BCUT2D eigenvalue weighted by atomic mass is 10.1. The van der Waals surface area contributed by atoms with Crippen LogP contribution in [0.2, 0.25) is 0 Å². The second-order valence-electron chi connectivity index (χ2n) is 4.29. The largest absolute Gasteiger partial charge is 0.469 e. The molecular formula is C13H27N3O2. The van der Waals surface area contributed by atoms with Crippen LogP contribution >= 0.6 is 0 Å². The van der Waals surface area contributed by atoms with Crippen molar-refractivity contribution >= 4 is 11.9 Å². The Morgan fingerprint density at radius 1 is 1.22 bits per heavy atom. The number of rotatable bonds is 10. The Morgan fingerprint density at radius 2 is 1.94 bits per heavy atom. The molecule has 106 valence electrons. The molecule has 0 heterocycles. The van der Waals surface area contributed by atoms with E-state index in [2.05, 4.69) is 22.0 Å². The molecular weight excluding hydrogens is 230 g/mol. The zero-order chi connectivity index (χ0) is 13.6. The lowest BCUT2D eigenvalue weighted by molar-refractivity contribution is -0.140. The van der Waals surface area contributed by atoms with Gasteiger partial charge in [0.05, 0.1) is 7.11 Å². The first-order valence-electron chi connectivity index (χ1n) is 6.81. The number of hydrogen-bond acceptors (Lipinski definition) is 3. The lowest BCUT2D eigenvalue weighted by Gasteiger charge is -2.04. The molecule has 0 saturated heterocycles. The van der Waals surface area contributed by atoms with E-state index in [4.69, 9.17) is 5.73 Å². The Bertz CT molecular complexity index is 242. The predicted molar refractivity (Wildman–Crippen MR) is 74.5 cm³/mol. The molecule has 3 N–H and O–H groups in total. The molecule has 0 aliphatic rings. The van der Waals surface area contributed by atoms with Gasteiger partial charge in [-0.3, -0.25) is 9.79 Å². The fraction of sp³-hybridized carbons (Fsp3) is 0.846. The minimum Gasteiger partial charge on any atom is -0.469 e. The van der Waals surface area contributed by atoms with Crippen LogP contribution in [0.1, 0.15) is 51.9 Å². The highest BCUT2D eigenvalue weighted by Gasteiger charge is 1.98. The Hall–Kier alpha value is -1.26. The molecule has 0 aromatic heterocycles. The predicted octanol–water partition coefficient (Wildman–Crippen LogP) is 1.81. The van der Waals surface area contributed by atoms with Gasteiger partial charge in [0.25, 0.3) is 0 Å². The number of nitrogens with two attached hydrogens (primary N) is 1. The molecule has 18 heavy (non-hydrogen) atoms. The summed E-state index contributed by atoms with van der Waals surface area (Å²) in [6.07, 6.45) is 6.79. The third-order valence-corrected chi connectivity index (χ3v) is 2.64. The third-order valence-electron chi connectivity index (χ3n) is 2.64. The molecule has 0 fully saturated rings. The number of aliphatic imine (C=N–C) groups is 1. The molecule has 0 unspecified atom stereocenters.